The average Bonchev–Trinajstić information content (AvgIpc) is 2.77. The molecule has 2 rings (SSSR count). The van der Waals surface area contributed by atoms with Crippen molar-refractivity contribution in [3.05, 3.63) is 52.1 Å². The minimum absolute atomic E-state index is 0.122. The molecule has 1 aromatic rings. The Balaban J connectivity index is 1.88. The van der Waals surface area contributed by atoms with Gasteiger partial charge in [0.1, 0.15) is 0 Å². The topological polar surface area (TPSA) is 116 Å². The highest BCUT2D eigenvalue weighted by Crippen LogP contribution is 2.28. The Kier molecular flexibility index (Phi) is 9.81. The number of ether oxygens (including phenoxy) is 2. The van der Waals surface area contributed by atoms with Gasteiger partial charge in [0.05, 0.1) is 17.1 Å². The van der Waals surface area contributed by atoms with Gasteiger partial charge < -0.3 is 14.6 Å². The number of hydrogen-bond donors (Lipinski definition) is 1. The van der Waals surface area contributed by atoms with Crippen molar-refractivity contribution >= 4 is 17.4 Å². The van der Waals surface area contributed by atoms with Crippen LogP contribution in [0, 0.1) is 10.1 Å². The molecule has 2 unspecified atom stereocenters. The van der Waals surface area contributed by atoms with E-state index in [1.165, 1.54) is 62.1 Å². The lowest BCUT2D eigenvalue weighted by atomic mass is 9.90. The summed E-state index contributed by atoms with van der Waals surface area (Å²) < 4.78 is 11.0. The first-order chi connectivity index (χ1) is 14.9. The van der Waals surface area contributed by atoms with Crippen LogP contribution in [0.5, 0.6) is 0 Å². The second kappa shape index (κ2) is 12.3. The predicted molar refractivity (Wildman–Crippen MR) is 115 cm³/mol. The van der Waals surface area contributed by atoms with Crippen molar-refractivity contribution < 1.29 is 29.1 Å². The van der Waals surface area contributed by atoms with E-state index in [0.29, 0.717) is 6.42 Å². The minimum atomic E-state index is -1.42. The molecule has 0 aliphatic carbocycles. The van der Waals surface area contributed by atoms with Gasteiger partial charge in [0.25, 0.3) is 5.69 Å². The summed E-state index contributed by atoms with van der Waals surface area (Å²) >= 11 is 0. The summed E-state index contributed by atoms with van der Waals surface area (Å²) in [5.41, 5.74) is -1.44. The van der Waals surface area contributed by atoms with Crippen molar-refractivity contribution in [2.45, 2.75) is 76.6 Å². The number of ketones is 1. The first-order valence-corrected chi connectivity index (χ1v) is 10.9. The number of non-ortho nitro benzene ring substituents is 1. The van der Waals surface area contributed by atoms with Crippen molar-refractivity contribution in [1.29, 1.82) is 0 Å². The molecule has 170 valence electrons. The van der Waals surface area contributed by atoms with Crippen LogP contribution < -0.4 is 0 Å². The minimum Gasteiger partial charge on any atom is -0.428 e. The highest BCUT2D eigenvalue weighted by Gasteiger charge is 2.42. The molecule has 0 saturated heterocycles. The number of aliphatic hydroxyl groups excluding tert-OH is 1. The van der Waals surface area contributed by atoms with E-state index >= 15 is 0 Å². The molecular formula is C23H31NO7. The molecule has 31 heavy (non-hydrogen) atoms. The lowest BCUT2D eigenvalue weighted by Crippen LogP contribution is -2.50. The zero-order valence-electron chi connectivity index (χ0n) is 18.0. The van der Waals surface area contributed by atoms with Gasteiger partial charge in [0.2, 0.25) is 6.29 Å². The Labute approximate surface area is 182 Å². The fourth-order valence-corrected chi connectivity index (χ4v) is 3.51. The van der Waals surface area contributed by atoms with E-state index in [2.05, 4.69) is 6.92 Å². The maximum Gasteiger partial charge on any atom is 0.340 e. The molecule has 1 N–H and O–H groups in total. The summed E-state index contributed by atoms with van der Waals surface area (Å²) in [5, 5.41) is 20.6. The van der Waals surface area contributed by atoms with Gasteiger partial charge in [-0.2, -0.15) is 0 Å². The number of esters is 1. The number of unbranched alkanes of at least 4 members (excludes halogenated alkanes) is 7. The van der Waals surface area contributed by atoms with Crippen LogP contribution in [0.2, 0.25) is 0 Å². The van der Waals surface area contributed by atoms with E-state index in [-0.39, 0.29) is 17.0 Å². The SMILES string of the molecule is CCCCCCCCCCC1(CO)OC(OC(=O)c2ccc([N+](=O)[O-])cc2)C=CC1=O. The van der Waals surface area contributed by atoms with Crippen LogP contribution in [-0.2, 0) is 14.3 Å². The Morgan fingerprint density at radius 1 is 1.13 bits per heavy atom. The largest absolute Gasteiger partial charge is 0.428 e. The van der Waals surface area contributed by atoms with E-state index in [1.54, 1.807) is 0 Å². The predicted octanol–water partition coefficient (Wildman–Crippen LogP) is 4.50. The second-order valence-electron chi connectivity index (χ2n) is 7.80. The van der Waals surface area contributed by atoms with Gasteiger partial charge in [-0.1, -0.05) is 58.3 Å². The standard InChI is InChI=1S/C23H31NO7/c1-2-3-4-5-6-7-8-9-16-23(17-25)20(26)14-15-21(31-23)30-22(27)18-10-12-19(13-11-18)24(28)29/h10-15,21,25H,2-9,16-17H2,1H3. The molecule has 8 heteroatoms. The summed E-state index contributed by atoms with van der Waals surface area (Å²) in [6.07, 6.45) is 10.6. The highest BCUT2D eigenvalue weighted by atomic mass is 16.7. The normalized spacial score (nSPS) is 20.6. The molecule has 2 atom stereocenters. The molecule has 0 saturated carbocycles. The molecule has 0 aromatic heterocycles. The van der Waals surface area contributed by atoms with Gasteiger partial charge in [-0.05, 0) is 30.7 Å². The molecule has 8 nitrogen and oxygen atoms in total. The molecule has 1 aliphatic heterocycles. The van der Waals surface area contributed by atoms with Gasteiger partial charge in [-0.15, -0.1) is 0 Å². The maximum absolute atomic E-state index is 12.4. The Bertz CT molecular complexity index is 775. The Morgan fingerprint density at radius 3 is 2.32 bits per heavy atom. The van der Waals surface area contributed by atoms with Crippen LogP contribution in [0.3, 0.4) is 0 Å². The fourth-order valence-electron chi connectivity index (χ4n) is 3.51. The van der Waals surface area contributed by atoms with Crippen molar-refractivity contribution in [1.82, 2.24) is 0 Å². The third-order valence-electron chi connectivity index (χ3n) is 5.42. The molecule has 0 amide bonds. The number of carbonyl (C=O) groups excluding carboxylic acids is 2. The number of carbonyl (C=O) groups is 2. The van der Waals surface area contributed by atoms with E-state index in [9.17, 15) is 24.8 Å². The molecule has 0 radical (unpaired) electrons. The Hall–Kier alpha value is -2.58. The zero-order chi connectivity index (χ0) is 22.7. The van der Waals surface area contributed by atoms with Crippen LogP contribution in [0.4, 0.5) is 5.69 Å². The number of hydrogen-bond acceptors (Lipinski definition) is 7. The molecule has 0 fully saturated rings. The highest BCUT2D eigenvalue weighted by molar-refractivity contribution is 5.98. The number of nitrogens with zero attached hydrogens (tertiary/aromatic N) is 1. The molecule has 1 aromatic carbocycles. The van der Waals surface area contributed by atoms with Crippen molar-refractivity contribution in [3.8, 4) is 0 Å². The van der Waals surface area contributed by atoms with Crippen molar-refractivity contribution in [2.75, 3.05) is 6.61 Å². The van der Waals surface area contributed by atoms with Gasteiger partial charge >= 0.3 is 5.97 Å². The first-order valence-electron chi connectivity index (χ1n) is 10.9. The molecular weight excluding hydrogens is 402 g/mol. The molecule has 1 heterocycles. The quantitative estimate of drug-likeness (QED) is 0.211. The molecule has 0 spiro atoms. The maximum atomic E-state index is 12.4. The number of nitro benzene ring substituents is 1. The molecule has 1 aliphatic rings. The fraction of sp³-hybridized carbons (Fsp3) is 0.565. The number of rotatable bonds is 13. The first kappa shape index (κ1) is 24.7. The smallest absolute Gasteiger partial charge is 0.340 e. The summed E-state index contributed by atoms with van der Waals surface area (Å²) in [4.78, 5) is 34.9. The van der Waals surface area contributed by atoms with E-state index in [4.69, 9.17) is 9.47 Å². The number of benzene rings is 1. The summed E-state index contributed by atoms with van der Waals surface area (Å²) in [6.45, 7) is 1.68. The summed E-state index contributed by atoms with van der Waals surface area (Å²) in [6, 6.07) is 4.99. The third-order valence-corrected chi connectivity index (χ3v) is 5.42. The van der Waals surface area contributed by atoms with Crippen molar-refractivity contribution in [2.24, 2.45) is 0 Å². The zero-order valence-corrected chi connectivity index (χ0v) is 18.0. The average molecular weight is 434 g/mol. The van der Waals surface area contributed by atoms with Gasteiger partial charge in [0, 0.05) is 12.1 Å². The number of nitro groups is 1. The van der Waals surface area contributed by atoms with Gasteiger partial charge in [-0.25, -0.2) is 4.79 Å². The van der Waals surface area contributed by atoms with Gasteiger partial charge in [-0.3, -0.25) is 14.9 Å². The second-order valence-corrected chi connectivity index (χ2v) is 7.80. The van der Waals surface area contributed by atoms with Crippen LogP contribution in [0.1, 0.15) is 75.1 Å². The summed E-state index contributed by atoms with van der Waals surface area (Å²) in [5.74, 6) is -1.08. The van der Waals surface area contributed by atoms with Crippen LogP contribution in [0.15, 0.2) is 36.4 Å². The lowest BCUT2D eigenvalue weighted by Gasteiger charge is -2.35. The van der Waals surface area contributed by atoms with Crippen molar-refractivity contribution in [3.63, 3.8) is 0 Å². The van der Waals surface area contributed by atoms with E-state index in [1.807, 2.05) is 0 Å². The monoisotopic (exact) mass is 433 g/mol. The Morgan fingerprint density at radius 2 is 1.74 bits per heavy atom. The molecule has 0 bridgehead atoms. The lowest BCUT2D eigenvalue weighted by molar-refractivity contribution is -0.384. The van der Waals surface area contributed by atoms with E-state index < -0.39 is 29.4 Å². The van der Waals surface area contributed by atoms with Crippen LogP contribution in [-0.4, -0.2) is 40.3 Å². The van der Waals surface area contributed by atoms with Crippen LogP contribution >= 0.6 is 0 Å². The van der Waals surface area contributed by atoms with E-state index in [0.717, 1.165) is 25.7 Å². The third kappa shape index (κ3) is 7.25. The van der Waals surface area contributed by atoms with Gasteiger partial charge in [0.15, 0.2) is 11.4 Å². The summed E-state index contributed by atoms with van der Waals surface area (Å²) in [7, 11) is 0. The number of aliphatic hydroxyl groups is 1. The van der Waals surface area contributed by atoms with Crippen LogP contribution in [0.25, 0.3) is 0 Å².